The fraction of sp³-hybridized carbons (Fsp3) is 0.690. The second kappa shape index (κ2) is 22.7. The second-order valence-electron chi connectivity index (χ2n) is 11.9. The van der Waals surface area contributed by atoms with Gasteiger partial charge in [0.1, 0.15) is 24.2 Å². The fourth-order valence-corrected chi connectivity index (χ4v) is 7.11. The number of aliphatic hydroxyl groups is 2. The Labute approximate surface area is 301 Å². The number of carboxylic acids is 1. The van der Waals surface area contributed by atoms with Crippen LogP contribution >= 0.6 is 21.6 Å². The molecule has 8 atom stereocenters. The van der Waals surface area contributed by atoms with Crippen molar-refractivity contribution in [2.45, 2.75) is 88.7 Å². The third kappa shape index (κ3) is 16.3. The molecule has 1 saturated heterocycles. The third-order valence-electron chi connectivity index (χ3n) is 7.58. The molecule has 20 nitrogen and oxygen atoms in total. The molecule has 22 heteroatoms. The van der Waals surface area contributed by atoms with E-state index in [4.69, 9.17) is 17.2 Å². The molecule has 0 saturated carbocycles. The van der Waals surface area contributed by atoms with Gasteiger partial charge in [-0.15, -0.1) is 0 Å². The maximum absolute atomic E-state index is 13.4. The first kappa shape index (κ1) is 45.0. The highest BCUT2D eigenvalue weighted by molar-refractivity contribution is 8.76. The summed E-state index contributed by atoms with van der Waals surface area (Å²) in [5.74, 6) is -11.5. The summed E-state index contributed by atoms with van der Waals surface area (Å²) in [7, 11) is 2.09. The van der Waals surface area contributed by atoms with Gasteiger partial charge in [-0.1, -0.05) is 28.5 Å². The van der Waals surface area contributed by atoms with E-state index in [-0.39, 0.29) is 24.5 Å². The van der Waals surface area contributed by atoms with Crippen molar-refractivity contribution < 1.29 is 58.5 Å². The molecular formula is C29H48N8O12S2. The van der Waals surface area contributed by atoms with Gasteiger partial charge >= 0.3 is 5.97 Å². The molecule has 0 spiro atoms. The molecule has 0 aromatic carbocycles. The molecule has 1 fully saturated rings. The summed E-state index contributed by atoms with van der Waals surface area (Å²) < 4.78 is 0. The minimum absolute atomic E-state index is 0.0317. The number of nitrogens with one attached hydrogen (secondary N) is 5. The van der Waals surface area contributed by atoms with Gasteiger partial charge in [-0.05, 0) is 32.7 Å². The predicted octanol–water partition coefficient (Wildman–Crippen LogP) is -4.65. The van der Waals surface area contributed by atoms with Crippen molar-refractivity contribution in [2.75, 3.05) is 24.7 Å². The van der Waals surface area contributed by atoms with Crippen molar-refractivity contribution in [3.8, 4) is 0 Å². The van der Waals surface area contributed by atoms with Crippen LogP contribution in [0.25, 0.3) is 0 Å². The Balaban J connectivity index is 3.57. The first-order valence-corrected chi connectivity index (χ1v) is 18.5. The molecule has 0 bridgehead atoms. The minimum atomic E-state index is -1.74. The lowest BCUT2D eigenvalue weighted by molar-refractivity contribution is -0.147. The van der Waals surface area contributed by atoms with Crippen LogP contribution in [0, 0.1) is 11.8 Å². The Bertz CT molecular complexity index is 1290. The van der Waals surface area contributed by atoms with E-state index in [1.807, 2.05) is 0 Å². The molecule has 51 heavy (non-hydrogen) atoms. The molecule has 7 amide bonds. The zero-order chi connectivity index (χ0) is 38.8. The summed E-state index contributed by atoms with van der Waals surface area (Å²) >= 11 is 0. The van der Waals surface area contributed by atoms with Gasteiger partial charge in [-0.2, -0.15) is 0 Å². The molecule has 1 heterocycles. The van der Waals surface area contributed by atoms with Gasteiger partial charge in [-0.3, -0.25) is 43.2 Å². The van der Waals surface area contributed by atoms with Crippen LogP contribution in [-0.2, 0) is 43.2 Å². The van der Waals surface area contributed by atoms with Crippen LogP contribution in [0.1, 0.15) is 52.4 Å². The number of amides is 7. The molecule has 0 unspecified atom stereocenters. The summed E-state index contributed by atoms with van der Waals surface area (Å²) in [4.78, 5) is 115. The van der Waals surface area contributed by atoms with Crippen molar-refractivity contribution in [3.63, 3.8) is 0 Å². The fourth-order valence-electron chi connectivity index (χ4n) is 4.56. The number of Topliss-reactive ketones (excluding diaryl/α,β-unsaturated/α-hetero) is 1. The van der Waals surface area contributed by atoms with E-state index in [1.54, 1.807) is 0 Å². The highest BCUT2D eigenvalue weighted by Gasteiger charge is 2.35. The maximum Gasteiger partial charge on any atom is 0.309 e. The first-order valence-electron chi connectivity index (χ1n) is 16.0. The van der Waals surface area contributed by atoms with E-state index in [2.05, 4.69) is 26.6 Å². The van der Waals surface area contributed by atoms with Crippen LogP contribution in [0.5, 0.6) is 0 Å². The third-order valence-corrected chi connectivity index (χ3v) is 10.2. The van der Waals surface area contributed by atoms with Crippen LogP contribution in [-0.4, -0.2) is 129 Å². The average Bonchev–Trinajstić information content (AvgIpc) is 3.04. The quantitative estimate of drug-likeness (QED) is 0.0585. The van der Waals surface area contributed by atoms with Gasteiger partial charge in [0, 0.05) is 23.8 Å². The number of hydrogen-bond donors (Lipinski definition) is 11. The number of aliphatic carboxylic acids is 1. The number of ketones is 1. The van der Waals surface area contributed by atoms with Crippen LogP contribution in [0.2, 0.25) is 0 Å². The highest BCUT2D eigenvalue weighted by atomic mass is 33.1. The molecule has 14 N–H and O–H groups in total. The van der Waals surface area contributed by atoms with Gasteiger partial charge in [0.05, 0.1) is 37.5 Å². The Kier molecular flexibility index (Phi) is 20.1. The largest absolute Gasteiger partial charge is 0.481 e. The number of unbranched alkanes of at least 4 members (excludes halogenated alkanes) is 1. The minimum Gasteiger partial charge on any atom is -0.481 e. The smallest absolute Gasteiger partial charge is 0.309 e. The number of nitrogens with two attached hydrogens (primary N) is 3. The van der Waals surface area contributed by atoms with Gasteiger partial charge in [0.15, 0.2) is 5.78 Å². The number of carboxylic acid groups (broad SMARTS) is 1. The van der Waals surface area contributed by atoms with E-state index in [0.29, 0.717) is 12.8 Å². The number of hydrogen-bond acceptors (Lipinski definition) is 14. The summed E-state index contributed by atoms with van der Waals surface area (Å²) in [6.07, 6.45) is -2.85. The van der Waals surface area contributed by atoms with Crippen molar-refractivity contribution in [2.24, 2.45) is 29.0 Å². The lowest BCUT2D eigenvalue weighted by atomic mass is 9.94. The summed E-state index contributed by atoms with van der Waals surface area (Å²) in [5, 5.41) is 41.0. The topological polar surface area (TPSA) is 353 Å². The predicted molar refractivity (Wildman–Crippen MR) is 184 cm³/mol. The molecule has 288 valence electrons. The van der Waals surface area contributed by atoms with Crippen LogP contribution in [0.15, 0.2) is 0 Å². The Morgan fingerprint density at radius 2 is 1.24 bits per heavy atom. The normalized spacial score (nSPS) is 25.9. The van der Waals surface area contributed by atoms with E-state index >= 15 is 0 Å². The molecule has 1 aliphatic heterocycles. The van der Waals surface area contributed by atoms with Crippen LogP contribution in [0.3, 0.4) is 0 Å². The maximum atomic E-state index is 13.4. The molecule has 1 aliphatic rings. The highest BCUT2D eigenvalue weighted by Crippen LogP contribution is 2.26. The Morgan fingerprint density at radius 3 is 1.73 bits per heavy atom. The lowest BCUT2D eigenvalue weighted by Gasteiger charge is -2.27. The number of aliphatic hydroxyl groups excluding tert-OH is 2. The molecular weight excluding hydrogens is 716 g/mol. The zero-order valence-corrected chi connectivity index (χ0v) is 29.9. The van der Waals surface area contributed by atoms with Gasteiger partial charge in [0.25, 0.3) is 0 Å². The standard InChI is InChI=1S/C29H48N8O12S2/c1-13-11-50-51-12-20(21(40)7-15(14(2)39)29(48)49)37-28(47)19(10-38)36-27(46)18(9-23(32)42)35-25(44)16(5-3-4-6-30)33-26(45)17(8-22(31)41)34-24(13)43/h13-20,38-39H,3-12,30H2,1-2H3,(H2,31,41)(H2,32,42)(H,33,45)(H,34,43)(H,35,44)(H,36,46)(H,37,47)(H,48,49)/t13-,14+,15-,16-,17-,18-,19-,20-/m0/s1. The SMILES string of the molecule is C[C@H]1CSSC[C@@H](C(=O)C[C@H](C(=O)O)[C@@H](C)O)NC(=O)[C@H](CO)NC(=O)[C@H](CC(N)=O)NC(=O)[C@H](CCCCN)NC(=O)[C@H](CC(N)=O)NC1=O. The first-order chi connectivity index (χ1) is 23.9. The molecule has 0 radical (unpaired) electrons. The van der Waals surface area contributed by atoms with Gasteiger partial charge in [0.2, 0.25) is 41.4 Å². The molecule has 0 aromatic rings. The van der Waals surface area contributed by atoms with E-state index in [9.17, 15) is 58.5 Å². The van der Waals surface area contributed by atoms with Crippen molar-refractivity contribution in [1.82, 2.24) is 26.6 Å². The summed E-state index contributed by atoms with van der Waals surface area (Å²) in [6, 6.07) is -7.77. The summed E-state index contributed by atoms with van der Waals surface area (Å²) in [5.41, 5.74) is 16.2. The lowest BCUT2D eigenvalue weighted by Crippen LogP contribution is -2.60. The molecule has 0 aromatic heterocycles. The summed E-state index contributed by atoms with van der Waals surface area (Å²) in [6.45, 7) is 1.90. The number of primary amides is 2. The molecule has 0 aliphatic carbocycles. The second-order valence-corrected chi connectivity index (χ2v) is 14.5. The number of carbonyl (C=O) groups is 9. The Morgan fingerprint density at radius 1 is 0.765 bits per heavy atom. The van der Waals surface area contributed by atoms with Crippen LogP contribution in [0.4, 0.5) is 0 Å². The number of rotatable bonds is 14. The zero-order valence-electron chi connectivity index (χ0n) is 28.3. The Hall–Kier alpha value is -3.99. The van der Waals surface area contributed by atoms with E-state index in [1.165, 1.54) is 13.8 Å². The van der Waals surface area contributed by atoms with Crippen LogP contribution < -0.4 is 43.8 Å². The average molecular weight is 765 g/mol. The van der Waals surface area contributed by atoms with Gasteiger partial charge < -0.3 is 59.1 Å². The molecule has 1 rings (SSSR count). The monoisotopic (exact) mass is 764 g/mol. The van der Waals surface area contributed by atoms with E-state index in [0.717, 1.165) is 21.6 Å². The van der Waals surface area contributed by atoms with Gasteiger partial charge in [-0.25, -0.2) is 0 Å². The van der Waals surface area contributed by atoms with Crippen molar-refractivity contribution in [3.05, 3.63) is 0 Å². The van der Waals surface area contributed by atoms with Crippen molar-refractivity contribution >= 4 is 74.7 Å². The van der Waals surface area contributed by atoms with Crippen molar-refractivity contribution in [1.29, 1.82) is 0 Å². The number of carbonyl (C=O) groups excluding carboxylic acids is 8. The van der Waals surface area contributed by atoms with E-state index < -0.39 is 127 Å².